The van der Waals surface area contributed by atoms with E-state index >= 15 is 0 Å². The summed E-state index contributed by atoms with van der Waals surface area (Å²) in [6.45, 7) is 4.67. The van der Waals surface area contributed by atoms with Gasteiger partial charge in [-0.25, -0.2) is 0 Å². The van der Waals surface area contributed by atoms with Crippen molar-refractivity contribution < 1.29 is 11.0 Å². The van der Waals surface area contributed by atoms with E-state index in [0.29, 0.717) is 17.0 Å². The number of carbonyl (C=O) groups excluding carboxylic acids is 2. The van der Waals surface area contributed by atoms with Gasteiger partial charge in [-0.1, -0.05) is 129 Å². The molecule has 0 N–H and O–H groups in total. The van der Waals surface area contributed by atoms with Crippen LogP contribution in [0.5, 0.6) is 0 Å². The Morgan fingerprint density at radius 3 is 1.96 bits per heavy atom. The lowest BCUT2D eigenvalue weighted by Gasteiger charge is -2.30. The van der Waals surface area contributed by atoms with Crippen molar-refractivity contribution in [3.8, 4) is 22.3 Å². The standard InChI is InChI=1S/C52H37NO2.H2/c1-52(2)47-18-10-8-17-39(47)40-23-22-37(29-48(40)52)53(49-19-11-9-16-38(49)31-12-4-3-5-13-31)36-21-20-34-24-35(42-30-43(42)41(34)28-36)27-46-50(54)44-25-32-14-6-7-15-33(32)26-45(44)51(46)55;/h3-29,42-43H,30H2,1-2H3;1H. The van der Waals surface area contributed by atoms with Gasteiger partial charge in [0.15, 0.2) is 11.6 Å². The Morgan fingerprint density at radius 1 is 0.582 bits per heavy atom. The zero-order valence-electron chi connectivity index (χ0n) is 30.7. The maximum atomic E-state index is 13.7. The molecule has 3 heteroatoms. The largest absolute Gasteiger partial charge is 0.310 e. The van der Waals surface area contributed by atoms with E-state index < -0.39 is 0 Å². The highest BCUT2D eigenvalue weighted by Crippen LogP contribution is 2.58. The normalized spacial score (nSPS) is 18.2. The third-order valence-corrected chi connectivity index (χ3v) is 12.5. The first-order chi connectivity index (χ1) is 26.8. The number of benzene rings is 7. The molecule has 0 bridgehead atoms. The van der Waals surface area contributed by atoms with Gasteiger partial charge in [0, 0.05) is 34.9 Å². The molecule has 55 heavy (non-hydrogen) atoms. The zero-order valence-corrected chi connectivity index (χ0v) is 30.7. The Kier molecular flexibility index (Phi) is 6.79. The van der Waals surface area contributed by atoms with Crippen LogP contribution in [-0.4, -0.2) is 11.6 Å². The number of allylic oxidation sites excluding steroid dienone is 3. The number of hydrogen-bond acceptors (Lipinski definition) is 3. The second-order valence-corrected chi connectivity index (χ2v) is 16.0. The van der Waals surface area contributed by atoms with Crippen molar-refractivity contribution in [2.75, 3.05) is 4.90 Å². The number of Topliss-reactive ketones (excluding diaryl/α,β-unsaturated/α-hetero) is 2. The van der Waals surface area contributed by atoms with E-state index in [4.69, 9.17) is 0 Å². The Balaban J connectivity index is 0.00000384. The number of hydrogen-bond donors (Lipinski definition) is 0. The Morgan fingerprint density at radius 2 is 1.20 bits per heavy atom. The zero-order chi connectivity index (χ0) is 37.0. The summed E-state index contributed by atoms with van der Waals surface area (Å²) < 4.78 is 0. The highest BCUT2D eigenvalue weighted by molar-refractivity contribution is 6.40. The minimum absolute atomic E-state index is 0. The van der Waals surface area contributed by atoms with Crippen LogP contribution in [0.1, 0.15) is 70.6 Å². The molecule has 4 aliphatic carbocycles. The summed E-state index contributed by atoms with van der Waals surface area (Å²) in [6, 6.07) is 53.6. The van der Waals surface area contributed by atoms with Gasteiger partial charge in [0.1, 0.15) is 0 Å². The second-order valence-electron chi connectivity index (χ2n) is 16.0. The van der Waals surface area contributed by atoms with Gasteiger partial charge in [-0.3, -0.25) is 9.59 Å². The van der Waals surface area contributed by atoms with Crippen LogP contribution in [0.15, 0.2) is 169 Å². The number of rotatable bonds is 5. The van der Waals surface area contributed by atoms with Crippen molar-refractivity contribution in [3.05, 3.63) is 202 Å². The van der Waals surface area contributed by atoms with Crippen molar-refractivity contribution in [2.24, 2.45) is 5.92 Å². The first-order valence-electron chi connectivity index (χ1n) is 19.2. The molecule has 0 saturated heterocycles. The summed E-state index contributed by atoms with van der Waals surface area (Å²) in [6.07, 6.45) is 5.10. The smallest absolute Gasteiger partial charge is 0.197 e. The number of para-hydroxylation sites is 1. The van der Waals surface area contributed by atoms with Crippen molar-refractivity contribution in [2.45, 2.75) is 31.6 Å². The van der Waals surface area contributed by atoms with E-state index in [1.165, 1.54) is 38.9 Å². The number of carbonyl (C=O) groups is 2. The van der Waals surface area contributed by atoms with Crippen LogP contribution in [0.4, 0.5) is 17.1 Å². The van der Waals surface area contributed by atoms with E-state index in [0.717, 1.165) is 45.4 Å². The molecule has 2 atom stereocenters. The maximum absolute atomic E-state index is 13.7. The molecule has 264 valence electrons. The molecular formula is C52H39NO2. The fourth-order valence-corrected chi connectivity index (χ4v) is 9.59. The lowest BCUT2D eigenvalue weighted by atomic mass is 9.82. The van der Waals surface area contributed by atoms with Gasteiger partial charge in [-0.05, 0) is 122 Å². The molecule has 1 saturated carbocycles. The molecule has 1 fully saturated rings. The fourth-order valence-electron chi connectivity index (χ4n) is 9.59. The van der Waals surface area contributed by atoms with Gasteiger partial charge in [-0.2, -0.15) is 0 Å². The van der Waals surface area contributed by atoms with Gasteiger partial charge in [0.2, 0.25) is 0 Å². The molecule has 0 amide bonds. The topological polar surface area (TPSA) is 37.4 Å². The molecular weight excluding hydrogens is 671 g/mol. The van der Waals surface area contributed by atoms with Gasteiger partial charge in [0.25, 0.3) is 0 Å². The molecule has 0 aliphatic heterocycles. The van der Waals surface area contributed by atoms with E-state index in [9.17, 15) is 9.59 Å². The van der Waals surface area contributed by atoms with Gasteiger partial charge >= 0.3 is 0 Å². The quantitative estimate of drug-likeness (QED) is 0.132. The predicted molar refractivity (Wildman–Crippen MR) is 226 cm³/mol. The number of ketones is 2. The van der Waals surface area contributed by atoms with Gasteiger partial charge in [0.05, 0.1) is 11.3 Å². The van der Waals surface area contributed by atoms with Crippen LogP contribution >= 0.6 is 0 Å². The minimum atomic E-state index is -0.168. The Bertz CT molecular complexity index is 2830. The summed E-state index contributed by atoms with van der Waals surface area (Å²) in [5, 5.41) is 1.95. The van der Waals surface area contributed by atoms with E-state index in [2.05, 4.69) is 140 Å². The maximum Gasteiger partial charge on any atom is 0.197 e. The van der Waals surface area contributed by atoms with E-state index in [1.54, 1.807) is 0 Å². The number of nitrogens with zero attached hydrogens (tertiary/aromatic N) is 1. The first-order valence-corrected chi connectivity index (χ1v) is 19.2. The van der Waals surface area contributed by atoms with Crippen molar-refractivity contribution in [1.82, 2.24) is 0 Å². The summed E-state index contributed by atoms with van der Waals surface area (Å²) in [4.78, 5) is 29.8. The molecule has 0 radical (unpaired) electrons. The summed E-state index contributed by atoms with van der Waals surface area (Å²) >= 11 is 0. The van der Waals surface area contributed by atoms with Gasteiger partial charge in [-0.15, -0.1) is 0 Å². The molecule has 11 rings (SSSR count). The third-order valence-electron chi connectivity index (χ3n) is 12.5. The van der Waals surface area contributed by atoms with E-state index in [1.807, 2.05) is 42.5 Å². The number of anilines is 3. The van der Waals surface area contributed by atoms with Gasteiger partial charge < -0.3 is 4.90 Å². The highest BCUT2D eigenvalue weighted by Gasteiger charge is 2.45. The van der Waals surface area contributed by atoms with Crippen LogP contribution in [0.25, 0.3) is 39.1 Å². The molecule has 0 heterocycles. The molecule has 7 aromatic rings. The van der Waals surface area contributed by atoms with Crippen LogP contribution in [0.2, 0.25) is 0 Å². The number of fused-ring (bicyclic) bond motifs is 8. The average Bonchev–Trinajstić information content (AvgIpc) is 3.96. The third kappa shape index (κ3) is 4.82. The SMILES string of the molecule is CC1(C)c2ccccc2-c2ccc(N(c3ccc4c(c3)C3CC3C(C=C3C(=O)c5cc6ccccc6cc5C3=O)=C4)c3ccccc3-c3ccccc3)cc21.[HH]. The highest BCUT2D eigenvalue weighted by atomic mass is 16.2. The Labute approximate surface area is 322 Å². The molecule has 0 spiro atoms. The summed E-state index contributed by atoms with van der Waals surface area (Å²) in [7, 11) is 0. The molecule has 2 unspecified atom stereocenters. The monoisotopic (exact) mass is 709 g/mol. The van der Waals surface area contributed by atoms with Crippen LogP contribution in [0.3, 0.4) is 0 Å². The van der Waals surface area contributed by atoms with Crippen molar-refractivity contribution >= 4 is 45.5 Å². The van der Waals surface area contributed by atoms with E-state index in [-0.39, 0.29) is 29.9 Å². The molecule has 0 aromatic heterocycles. The molecule has 3 nitrogen and oxygen atoms in total. The second kappa shape index (κ2) is 11.7. The lowest BCUT2D eigenvalue weighted by Crippen LogP contribution is -2.17. The average molecular weight is 710 g/mol. The summed E-state index contributed by atoms with van der Waals surface area (Å²) in [5.74, 6) is 0.280. The first kappa shape index (κ1) is 31.9. The van der Waals surface area contributed by atoms with Crippen LogP contribution in [-0.2, 0) is 5.41 Å². The Hall–Kier alpha value is -6.58. The van der Waals surface area contributed by atoms with Crippen molar-refractivity contribution in [3.63, 3.8) is 0 Å². The molecule has 4 aliphatic rings. The molecule has 7 aromatic carbocycles. The predicted octanol–water partition coefficient (Wildman–Crippen LogP) is 13.0. The van der Waals surface area contributed by atoms with Crippen LogP contribution in [0, 0.1) is 5.92 Å². The minimum Gasteiger partial charge on any atom is -0.310 e. The lowest BCUT2D eigenvalue weighted by molar-refractivity contribution is 0.0988. The summed E-state index contributed by atoms with van der Waals surface area (Å²) in [5.41, 5.74) is 15.7. The van der Waals surface area contributed by atoms with Crippen molar-refractivity contribution in [1.29, 1.82) is 0 Å². The fraction of sp³-hybridized carbons (Fsp3) is 0.115. The van der Waals surface area contributed by atoms with Crippen LogP contribution < -0.4 is 4.90 Å².